The number of amides is 1. The van der Waals surface area contributed by atoms with Crippen molar-refractivity contribution in [3.63, 3.8) is 0 Å². The number of nitrogens with zero attached hydrogens (tertiary/aromatic N) is 1. The van der Waals surface area contributed by atoms with Crippen LogP contribution in [0.1, 0.15) is 36.8 Å². The van der Waals surface area contributed by atoms with E-state index in [9.17, 15) is 19.2 Å². The molecule has 0 radical (unpaired) electrons. The average molecular weight is 575 g/mol. The Morgan fingerprint density at radius 1 is 1.15 bits per heavy atom. The predicted molar refractivity (Wildman–Crippen MR) is 146 cm³/mol. The quantitative estimate of drug-likeness (QED) is 0.255. The number of rotatable bonds is 10. The first-order chi connectivity index (χ1) is 19.2. The highest BCUT2D eigenvalue weighted by molar-refractivity contribution is 7.98. The molecule has 12 heteroatoms. The summed E-state index contributed by atoms with van der Waals surface area (Å²) >= 11 is 1.38. The Morgan fingerprint density at radius 2 is 1.88 bits per heavy atom. The van der Waals surface area contributed by atoms with Crippen molar-refractivity contribution in [2.75, 3.05) is 25.9 Å². The van der Waals surface area contributed by atoms with E-state index in [1.54, 1.807) is 13.8 Å². The number of nitrogens with one attached hydrogen (secondary N) is 1. The van der Waals surface area contributed by atoms with Crippen molar-refractivity contribution in [3.05, 3.63) is 53.9 Å². The molecule has 0 aliphatic carbocycles. The molecule has 1 aliphatic rings. The lowest BCUT2D eigenvalue weighted by Crippen LogP contribution is -2.47. The van der Waals surface area contributed by atoms with Crippen LogP contribution < -0.4 is 14.8 Å². The second kappa shape index (κ2) is 14.5. The van der Waals surface area contributed by atoms with Crippen molar-refractivity contribution in [1.82, 2.24) is 10.3 Å². The number of benzene rings is 1. The molecule has 0 spiro atoms. The largest absolute Gasteiger partial charge is 0.493 e. The SMILES string of the molecule is COc1ccnc(C(=O)N[C@H]2COC(=O)[C@H](Cc3ccccc3)[C@@H](OC(=O)C(C)C)[C@H](C)OC2=O)c1OCSC. The van der Waals surface area contributed by atoms with Crippen LogP contribution in [0.3, 0.4) is 0 Å². The number of hydrogen-bond donors (Lipinski definition) is 1. The first kappa shape index (κ1) is 30.7. The maximum Gasteiger partial charge on any atom is 0.332 e. The molecule has 1 N–H and O–H groups in total. The van der Waals surface area contributed by atoms with Crippen LogP contribution in [0.4, 0.5) is 0 Å². The number of ether oxygens (including phenoxy) is 5. The first-order valence-corrected chi connectivity index (χ1v) is 14.1. The highest BCUT2D eigenvalue weighted by Gasteiger charge is 2.42. The average Bonchev–Trinajstić information content (AvgIpc) is 2.98. The number of methoxy groups -OCH3 is 1. The molecular weight excluding hydrogens is 540 g/mol. The Labute approximate surface area is 237 Å². The molecular formula is C28H34N2O9S. The predicted octanol–water partition coefficient (Wildman–Crippen LogP) is 2.80. The molecule has 1 saturated heterocycles. The van der Waals surface area contributed by atoms with Gasteiger partial charge in [0.25, 0.3) is 5.91 Å². The minimum absolute atomic E-state index is 0.0993. The van der Waals surface area contributed by atoms with Crippen molar-refractivity contribution >= 4 is 35.6 Å². The lowest BCUT2D eigenvalue weighted by Gasteiger charge is -2.29. The lowest BCUT2D eigenvalue weighted by atomic mass is 9.91. The number of pyridine rings is 1. The Kier molecular flexibility index (Phi) is 11.2. The molecule has 0 bridgehead atoms. The summed E-state index contributed by atoms with van der Waals surface area (Å²) in [5.74, 6) is -3.71. The number of carbonyl (C=O) groups is 4. The summed E-state index contributed by atoms with van der Waals surface area (Å²) in [4.78, 5) is 56.4. The van der Waals surface area contributed by atoms with E-state index in [0.29, 0.717) is 0 Å². The number of thioether (sulfide) groups is 1. The smallest absolute Gasteiger partial charge is 0.332 e. The molecule has 1 aromatic carbocycles. The van der Waals surface area contributed by atoms with E-state index >= 15 is 0 Å². The fraction of sp³-hybridized carbons (Fsp3) is 0.464. The third-order valence-electron chi connectivity index (χ3n) is 6.09. The summed E-state index contributed by atoms with van der Waals surface area (Å²) in [7, 11) is 1.42. The summed E-state index contributed by atoms with van der Waals surface area (Å²) in [6.07, 6.45) is 1.23. The topological polar surface area (TPSA) is 139 Å². The summed E-state index contributed by atoms with van der Waals surface area (Å²) in [6, 6.07) is 9.33. The molecule has 1 aromatic heterocycles. The van der Waals surface area contributed by atoms with Gasteiger partial charge in [0.05, 0.1) is 13.0 Å². The fourth-order valence-electron chi connectivity index (χ4n) is 3.99. The maximum absolute atomic E-state index is 13.4. The highest BCUT2D eigenvalue weighted by Crippen LogP contribution is 2.30. The first-order valence-electron chi connectivity index (χ1n) is 12.7. The second-order valence-corrected chi connectivity index (χ2v) is 10.2. The standard InChI is InChI=1S/C28H34N2O9S/c1-16(2)26(32)39-23-17(3)38-28(34)20(14-36-27(33)19(23)13-18-9-7-6-8-10-18)30-25(31)22-24(37-15-40-5)21(35-4)11-12-29-22/h6-12,16-17,19-20,23H,13-15H2,1-5H3,(H,30,31)/t17-,19+,20-,23-/m0/s1. The van der Waals surface area contributed by atoms with Gasteiger partial charge in [-0.25, -0.2) is 9.78 Å². The van der Waals surface area contributed by atoms with Crippen LogP contribution >= 0.6 is 11.8 Å². The van der Waals surface area contributed by atoms with Gasteiger partial charge in [0, 0.05) is 12.3 Å². The van der Waals surface area contributed by atoms with E-state index in [4.69, 9.17) is 23.7 Å². The van der Waals surface area contributed by atoms with Gasteiger partial charge in [-0.05, 0) is 25.2 Å². The third kappa shape index (κ3) is 7.87. The van der Waals surface area contributed by atoms with Crippen molar-refractivity contribution < 1.29 is 42.9 Å². The number of carbonyl (C=O) groups excluding carboxylic acids is 4. The molecule has 2 heterocycles. The van der Waals surface area contributed by atoms with E-state index < -0.39 is 60.5 Å². The molecule has 40 heavy (non-hydrogen) atoms. The number of aromatic nitrogens is 1. The zero-order valence-corrected chi connectivity index (χ0v) is 23.9. The Bertz CT molecular complexity index is 1190. The van der Waals surface area contributed by atoms with E-state index in [-0.39, 0.29) is 29.6 Å². The maximum atomic E-state index is 13.4. The van der Waals surface area contributed by atoms with E-state index in [1.165, 1.54) is 38.1 Å². The molecule has 1 amide bonds. The van der Waals surface area contributed by atoms with Gasteiger partial charge >= 0.3 is 17.9 Å². The molecule has 1 aliphatic heterocycles. The molecule has 3 rings (SSSR count). The van der Waals surface area contributed by atoms with Crippen LogP contribution in [0.2, 0.25) is 0 Å². The van der Waals surface area contributed by atoms with Crippen LogP contribution in [0.5, 0.6) is 11.5 Å². The zero-order valence-electron chi connectivity index (χ0n) is 23.1. The van der Waals surface area contributed by atoms with E-state index in [2.05, 4.69) is 10.3 Å². The number of hydrogen-bond acceptors (Lipinski definition) is 11. The fourth-order valence-corrected chi connectivity index (χ4v) is 4.22. The monoisotopic (exact) mass is 574 g/mol. The van der Waals surface area contributed by atoms with Gasteiger partial charge in [0.1, 0.15) is 24.6 Å². The molecule has 11 nitrogen and oxygen atoms in total. The lowest BCUT2D eigenvalue weighted by molar-refractivity contribution is -0.176. The van der Waals surface area contributed by atoms with Gasteiger partial charge in [-0.3, -0.25) is 14.4 Å². The number of esters is 3. The van der Waals surface area contributed by atoms with Gasteiger partial charge in [0.15, 0.2) is 29.3 Å². The minimum Gasteiger partial charge on any atom is -0.493 e. The van der Waals surface area contributed by atoms with Crippen LogP contribution in [-0.4, -0.2) is 73.0 Å². The number of cyclic esters (lactones) is 2. The molecule has 0 saturated carbocycles. The van der Waals surface area contributed by atoms with Gasteiger partial charge < -0.3 is 29.0 Å². The second-order valence-electron chi connectivity index (χ2n) is 9.39. The van der Waals surface area contributed by atoms with Crippen LogP contribution in [0.25, 0.3) is 0 Å². The summed E-state index contributed by atoms with van der Waals surface area (Å²) in [6.45, 7) is 4.35. The van der Waals surface area contributed by atoms with Crippen LogP contribution in [0, 0.1) is 11.8 Å². The molecule has 4 atom stereocenters. The molecule has 2 aromatic rings. The molecule has 216 valence electrons. The van der Waals surface area contributed by atoms with Crippen molar-refractivity contribution in [3.8, 4) is 11.5 Å². The Morgan fingerprint density at radius 3 is 2.52 bits per heavy atom. The highest BCUT2D eigenvalue weighted by atomic mass is 32.2. The van der Waals surface area contributed by atoms with Gasteiger partial charge in [0.2, 0.25) is 0 Å². The van der Waals surface area contributed by atoms with Crippen molar-refractivity contribution in [1.29, 1.82) is 0 Å². The van der Waals surface area contributed by atoms with Crippen molar-refractivity contribution in [2.45, 2.75) is 45.4 Å². The van der Waals surface area contributed by atoms with Crippen LogP contribution in [0.15, 0.2) is 42.6 Å². The summed E-state index contributed by atoms with van der Waals surface area (Å²) < 4.78 is 27.7. The zero-order chi connectivity index (χ0) is 29.2. The minimum atomic E-state index is -1.36. The van der Waals surface area contributed by atoms with E-state index in [1.807, 2.05) is 36.6 Å². The third-order valence-corrected chi connectivity index (χ3v) is 6.45. The Hall–Kier alpha value is -3.80. The van der Waals surface area contributed by atoms with Gasteiger partial charge in [-0.15, -0.1) is 11.8 Å². The van der Waals surface area contributed by atoms with Crippen LogP contribution in [-0.2, 0) is 35.0 Å². The van der Waals surface area contributed by atoms with Gasteiger partial charge in [-0.1, -0.05) is 44.2 Å². The summed E-state index contributed by atoms with van der Waals surface area (Å²) in [5, 5.41) is 2.52. The molecule has 0 unspecified atom stereocenters. The summed E-state index contributed by atoms with van der Waals surface area (Å²) in [5.41, 5.74) is 0.686. The molecule has 1 fully saturated rings. The Balaban J connectivity index is 1.88. The van der Waals surface area contributed by atoms with E-state index in [0.717, 1.165) is 5.56 Å². The normalized spacial score (nSPS) is 21.2. The van der Waals surface area contributed by atoms with Gasteiger partial charge in [-0.2, -0.15) is 0 Å². The van der Waals surface area contributed by atoms with Crippen molar-refractivity contribution in [2.24, 2.45) is 11.8 Å².